The molecule has 1 fully saturated rings. The van der Waals surface area contributed by atoms with Gasteiger partial charge in [0.25, 0.3) is 11.8 Å². The molecule has 3 N–H and O–H groups in total. The van der Waals surface area contributed by atoms with Crippen molar-refractivity contribution in [1.82, 2.24) is 10.2 Å². The highest BCUT2D eigenvalue weighted by Gasteiger charge is 2.34. The van der Waals surface area contributed by atoms with Crippen molar-refractivity contribution in [1.29, 1.82) is 0 Å². The predicted octanol–water partition coefficient (Wildman–Crippen LogP) is 3.50. The summed E-state index contributed by atoms with van der Waals surface area (Å²) in [6.45, 7) is 10.2. The van der Waals surface area contributed by atoms with Gasteiger partial charge in [-0.2, -0.15) is 0 Å². The first-order chi connectivity index (χ1) is 21.6. The highest BCUT2D eigenvalue weighted by atomic mass is 16.7. The summed E-state index contributed by atoms with van der Waals surface area (Å²) in [6, 6.07) is 4.82. The molecular weight excluding hydrogens is 588 g/mol. The Bertz CT molecular complexity index is 1120. The summed E-state index contributed by atoms with van der Waals surface area (Å²) >= 11 is 0. The fourth-order valence-electron chi connectivity index (χ4n) is 4.24. The van der Waals surface area contributed by atoms with Crippen LogP contribution in [0.5, 0.6) is 11.5 Å². The van der Waals surface area contributed by atoms with Gasteiger partial charge in [0.2, 0.25) is 12.2 Å². The second-order valence-electron chi connectivity index (χ2n) is 9.71. The molecule has 2 aliphatic rings. The van der Waals surface area contributed by atoms with Crippen LogP contribution in [0.15, 0.2) is 30.4 Å². The maximum atomic E-state index is 12.1. The van der Waals surface area contributed by atoms with E-state index in [0.717, 1.165) is 0 Å². The van der Waals surface area contributed by atoms with Crippen LogP contribution in [-0.4, -0.2) is 83.0 Å². The van der Waals surface area contributed by atoms with E-state index < -0.39 is 30.4 Å². The largest absolute Gasteiger partial charge is 0.493 e. The van der Waals surface area contributed by atoms with Crippen molar-refractivity contribution in [3.8, 4) is 11.5 Å². The molecule has 0 saturated carbocycles. The maximum Gasteiger partial charge on any atom is 0.333 e. The molecule has 2 aliphatic heterocycles. The summed E-state index contributed by atoms with van der Waals surface area (Å²) in [6.07, 6.45) is 2.34. The quantitative estimate of drug-likeness (QED) is 0.137. The first-order valence-electron chi connectivity index (χ1n) is 15.5. The Kier molecular flexibility index (Phi) is 18.8. The van der Waals surface area contributed by atoms with E-state index in [0.29, 0.717) is 62.3 Å². The van der Waals surface area contributed by atoms with Crippen molar-refractivity contribution in [2.45, 2.75) is 105 Å². The van der Waals surface area contributed by atoms with Gasteiger partial charge in [-0.3, -0.25) is 24.1 Å². The number of hydrogen-bond donors (Lipinski definition) is 3. The Labute approximate surface area is 264 Å². The molecule has 13 heteroatoms. The van der Waals surface area contributed by atoms with Crippen LogP contribution in [-0.2, 0) is 40.1 Å². The smallest absolute Gasteiger partial charge is 0.333 e. The van der Waals surface area contributed by atoms with Gasteiger partial charge >= 0.3 is 11.9 Å². The van der Waals surface area contributed by atoms with Crippen LogP contribution < -0.4 is 14.8 Å². The monoisotopic (exact) mass is 636 g/mol. The number of unbranched alkanes of at least 4 members (excludes halogenated alkanes) is 2. The highest BCUT2D eigenvalue weighted by Crippen LogP contribution is 2.29. The second kappa shape index (κ2) is 21.7. The number of carboxylic acid groups (broad SMARTS) is 1. The van der Waals surface area contributed by atoms with Crippen molar-refractivity contribution >= 4 is 29.7 Å². The lowest BCUT2D eigenvalue weighted by molar-refractivity contribution is -0.195. The summed E-state index contributed by atoms with van der Waals surface area (Å²) in [5, 5.41) is 22.0. The van der Waals surface area contributed by atoms with Crippen molar-refractivity contribution in [3.63, 3.8) is 0 Å². The minimum atomic E-state index is -1.18. The van der Waals surface area contributed by atoms with Gasteiger partial charge in [-0.05, 0) is 31.4 Å². The van der Waals surface area contributed by atoms with Crippen LogP contribution in [0, 0.1) is 0 Å². The first-order valence-corrected chi connectivity index (χ1v) is 15.5. The Balaban J connectivity index is 0.00000243. The van der Waals surface area contributed by atoms with Crippen LogP contribution in [0.4, 0.5) is 0 Å². The number of carbonyl (C=O) groups excluding carboxylic acids is 4. The van der Waals surface area contributed by atoms with E-state index in [1.165, 1.54) is 24.0 Å². The van der Waals surface area contributed by atoms with Gasteiger partial charge in [0, 0.05) is 63.1 Å². The summed E-state index contributed by atoms with van der Waals surface area (Å²) < 4.78 is 22.1. The molecule has 0 radical (unpaired) electrons. The minimum absolute atomic E-state index is 0.0254. The number of nitrogens with zero attached hydrogens (tertiary/aromatic N) is 1. The predicted molar refractivity (Wildman–Crippen MR) is 164 cm³/mol. The van der Waals surface area contributed by atoms with Crippen LogP contribution in [0.25, 0.3) is 0 Å². The van der Waals surface area contributed by atoms with Gasteiger partial charge in [-0.1, -0.05) is 34.1 Å². The van der Waals surface area contributed by atoms with Crippen molar-refractivity contribution in [2.75, 3.05) is 19.7 Å². The summed E-state index contributed by atoms with van der Waals surface area (Å²) in [5.41, 5.74) is 0.581. The van der Waals surface area contributed by atoms with E-state index in [9.17, 15) is 34.2 Å². The summed E-state index contributed by atoms with van der Waals surface area (Å²) in [4.78, 5) is 58.9. The average molecular weight is 637 g/mol. The normalized spacial score (nSPS) is 18.6. The third-order valence-electron chi connectivity index (χ3n) is 6.37. The minimum Gasteiger partial charge on any atom is -0.493 e. The second-order valence-corrected chi connectivity index (χ2v) is 9.71. The van der Waals surface area contributed by atoms with Crippen LogP contribution in [0.3, 0.4) is 0 Å². The number of aliphatic hydroxyl groups is 1. The van der Waals surface area contributed by atoms with Gasteiger partial charge < -0.3 is 34.5 Å². The van der Waals surface area contributed by atoms with Gasteiger partial charge in [0.05, 0.1) is 12.7 Å². The number of amides is 3. The fraction of sp³-hybridized carbons (Fsp3) is 0.594. The Morgan fingerprint density at radius 2 is 1.69 bits per heavy atom. The first kappa shape index (κ1) is 39.1. The average Bonchev–Trinajstić information content (AvgIpc) is 3.34. The van der Waals surface area contributed by atoms with E-state index in [-0.39, 0.29) is 43.8 Å². The molecule has 3 atom stereocenters. The van der Waals surface area contributed by atoms with Gasteiger partial charge in [-0.25, -0.2) is 4.79 Å². The number of carboxylic acids is 1. The van der Waals surface area contributed by atoms with Crippen LogP contribution in [0.2, 0.25) is 0 Å². The molecule has 3 rings (SSSR count). The lowest BCUT2D eigenvalue weighted by atomic mass is 10.1. The Morgan fingerprint density at radius 3 is 2.33 bits per heavy atom. The number of imide groups is 1. The zero-order valence-electron chi connectivity index (χ0n) is 26.9. The number of aliphatic hydroxyl groups excluding tert-OH is 1. The highest BCUT2D eigenvalue weighted by molar-refractivity contribution is 6.12. The number of rotatable bonds is 16. The summed E-state index contributed by atoms with van der Waals surface area (Å²) in [5.74, 6) is -1.67. The Hall–Kier alpha value is -3.97. The lowest BCUT2D eigenvalue weighted by Crippen LogP contribution is -2.42. The van der Waals surface area contributed by atoms with Crippen molar-refractivity contribution in [3.05, 3.63) is 35.9 Å². The number of benzene rings is 1. The van der Waals surface area contributed by atoms with E-state index in [4.69, 9.17) is 18.9 Å². The molecule has 2 heterocycles. The molecule has 3 amide bonds. The third kappa shape index (κ3) is 14.6. The van der Waals surface area contributed by atoms with E-state index in [2.05, 4.69) is 5.32 Å². The lowest BCUT2D eigenvalue weighted by Gasteiger charge is -2.31. The van der Waals surface area contributed by atoms with E-state index in [1.54, 1.807) is 18.2 Å². The van der Waals surface area contributed by atoms with Gasteiger partial charge in [0.15, 0.2) is 6.10 Å². The number of nitrogens with one attached hydrogen (secondary N) is 1. The standard InChI is InChI=1S/C28H36N2O11.2C2H6/c1-18(31)39-17-19-7-8-21(40-27-15-20(32)14-23(41-27)28(36)37)16-22(19)38-13-5-11-29-24(33)6-3-2-4-12-30-25(34)9-10-26(30)35;2*1-2/h7-10,16,20,23,27,32H,2-6,11-15,17H2,1H3,(H,29,33)(H,36,37);2*1-2H3. The van der Waals surface area contributed by atoms with E-state index in [1.807, 2.05) is 27.7 Å². The van der Waals surface area contributed by atoms with Crippen molar-refractivity contribution < 1.29 is 53.1 Å². The fourth-order valence-corrected chi connectivity index (χ4v) is 4.24. The van der Waals surface area contributed by atoms with Crippen LogP contribution >= 0.6 is 0 Å². The molecule has 45 heavy (non-hydrogen) atoms. The SMILES string of the molecule is CC.CC.CC(=O)OCc1ccc(OC2CC(O)CC(C(=O)O)O2)cc1OCCCNC(=O)CCCCCN1C(=O)C=CC1=O. The molecule has 13 nitrogen and oxygen atoms in total. The maximum absolute atomic E-state index is 12.1. The molecule has 0 aliphatic carbocycles. The van der Waals surface area contributed by atoms with Gasteiger partial charge in [-0.15, -0.1) is 0 Å². The number of hydrogen-bond acceptors (Lipinski definition) is 10. The number of ether oxygens (including phenoxy) is 4. The molecule has 1 aromatic carbocycles. The molecule has 252 valence electrons. The van der Waals surface area contributed by atoms with Gasteiger partial charge in [0.1, 0.15) is 18.1 Å². The number of carbonyl (C=O) groups is 5. The van der Waals surface area contributed by atoms with E-state index >= 15 is 0 Å². The molecule has 0 spiro atoms. The molecule has 0 aromatic heterocycles. The number of esters is 1. The molecule has 3 unspecified atom stereocenters. The number of aliphatic carboxylic acids is 1. The molecule has 1 saturated heterocycles. The van der Waals surface area contributed by atoms with Crippen molar-refractivity contribution in [2.24, 2.45) is 0 Å². The molecular formula is C32H48N2O11. The van der Waals surface area contributed by atoms with Crippen LogP contribution in [0.1, 0.15) is 85.1 Å². The summed E-state index contributed by atoms with van der Waals surface area (Å²) in [7, 11) is 0. The third-order valence-corrected chi connectivity index (χ3v) is 6.37. The zero-order valence-corrected chi connectivity index (χ0v) is 26.9. The molecule has 0 bridgehead atoms. The molecule has 1 aromatic rings. The zero-order chi connectivity index (χ0) is 33.8. The topological polar surface area (TPSA) is 178 Å². The Morgan fingerprint density at radius 1 is 1.00 bits per heavy atom.